The molecule has 2 N–H and O–H groups in total. The fourth-order valence-electron chi connectivity index (χ4n) is 1.10. The lowest BCUT2D eigenvalue weighted by Crippen LogP contribution is -2.09. The molecule has 0 saturated carbocycles. The molecule has 0 bridgehead atoms. The Hall–Kier alpha value is -0.860. The van der Waals surface area contributed by atoms with E-state index in [9.17, 15) is 0 Å². The molecule has 1 heterocycles. The number of hydrogen-bond donors (Lipinski definition) is 1. The number of nitrogens with zero attached hydrogens (tertiary/aromatic N) is 1. The Kier molecular flexibility index (Phi) is 3.46. The molecule has 0 saturated heterocycles. The lowest BCUT2D eigenvalue weighted by molar-refractivity contribution is 0.736. The van der Waals surface area contributed by atoms with Gasteiger partial charge in [-0.25, -0.2) is 4.98 Å². The number of halogens is 1. The van der Waals surface area contributed by atoms with E-state index in [1.54, 1.807) is 12.3 Å². The molecule has 1 aromatic heterocycles. The first-order chi connectivity index (χ1) is 6.15. The van der Waals surface area contributed by atoms with Crippen LogP contribution in [-0.4, -0.2) is 4.98 Å². The summed E-state index contributed by atoms with van der Waals surface area (Å²) in [5.74, 6) is 0. The minimum absolute atomic E-state index is 0.0269. The highest BCUT2D eigenvalue weighted by Crippen LogP contribution is 2.18. The first-order valence-corrected chi connectivity index (χ1v) is 4.51. The van der Waals surface area contributed by atoms with Crippen molar-refractivity contribution in [2.45, 2.75) is 19.4 Å². The van der Waals surface area contributed by atoms with Gasteiger partial charge < -0.3 is 5.73 Å². The number of aromatic nitrogens is 1. The molecule has 0 amide bonds. The largest absolute Gasteiger partial charge is 0.324 e. The van der Waals surface area contributed by atoms with Gasteiger partial charge in [0.1, 0.15) is 5.15 Å². The Morgan fingerprint density at radius 1 is 1.77 bits per heavy atom. The van der Waals surface area contributed by atoms with Crippen LogP contribution in [0.4, 0.5) is 0 Å². The van der Waals surface area contributed by atoms with Crippen molar-refractivity contribution >= 4 is 11.6 Å². The summed E-state index contributed by atoms with van der Waals surface area (Å²) in [6.45, 7) is 5.56. The van der Waals surface area contributed by atoms with Gasteiger partial charge >= 0.3 is 0 Å². The van der Waals surface area contributed by atoms with E-state index in [0.29, 0.717) is 5.15 Å². The standard InChI is InChI=1S/C10H13ClN2/c1-3-4-9(12)8-5-7(2)10(11)13-6-8/h3,5-6,9H,1,4,12H2,2H3/t9-/m0/s1. The second-order valence-corrected chi connectivity index (χ2v) is 3.37. The Morgan fingerprint density at radius 3 is 3.00 bits per heavy atom. The van der Waals surface area contributed by atoms with Crippen molar-refractivity contribution in [3.05, 3.63) is 41.2 Å². The van der Waals surface area contributed by atoms with Crippen LogP contribution in [0.15, 0.2) is 24.9 Å². The topological polar surface area (TPSA) is 38.9 Å². The summed E-state index contributed by atoms with van der Waals surface area (Å²) in [6, 6.07) is 1.93. The second kappa shape index (κ2) is 4.40. The molecule has 0 aromatic carbocycles. The van der Waals surface area contributed by atoms with Crippen LogP contribution in [0.1, 0.15) is 23.6 Å². The van der Waals surface area contributed by atoms with Gasteiger partial charge in [-0.05, 0) is 30.5 Å². The Labute approximate surface area is 83.4 Å². The normalized spacial score (nSPS) is 12.5. The molecule has 0 spiro atoms. The quantitative estimate of drug-likeness (QED) is 0.596. The molecule has 1 aromatic rings. The Morgan fingerprint density at radius 2 is 2.46 bits per heavy atom. The molecule has 0 radical (unpaired) electrons. The van der Waals surface area contributed by atoms with Crippen molar-refractivity contribution in [2.24, 2.45) is 5.73 Å². The zero-order valence-electron chi connectivity index (χ0n) is 7.63. The Balaban J connectivity index is 2.89. The summed E-state index contributed by atoms with van der Waals surface area (Å²) in [4.78, 5) is 4.03. The summed E-state index contributed by atoms with van der Waals surface area (Å²) in [5, 5.41) is 0.537. The summed E-state index contributed by atoms with van der Waals surface area (Å²) in [6.07, 6.45) is 4.26. The summed E-state index contributed by atoms with van der Waals surface area (Å²) in [5.41, 5.74) is 7.83. The maximum absolute atomic E-state index is 5.87. The van der Waals surface area contributed by atoms with Crippen LogP contribution < -0.4 is 5.73 Å². The van der Waals surface area contributed by atoms with E-state index in [2.05, 4.69) is 11.6 Å². The van der Waals surface area contributed by atoms with Crippen LogP contribution in [0.5, 0.6) is 0 Å². The van der Waals surface area contributed by atoms with Crippen molar-refractivity contribution in [1.82, 2.24) is 4.98 Å². The van der Waals surface area contributed by atoms with Crippen molar-refractivity contribution < 1.29 is 0 Å². The van der Waals surface area contributed by atoms with Crippen molar-refractivity contribution in [3.63, 3.8) is 0 Å². The third kappa shape index (κ3) is 2.54. The lowest BCUT2D eigenvalue weighted by atomic mass is 10.1. The minimum atomic E-state index is -0.0269. The van der Waals surface area contributed by atoms with Crippen molar-refractivity contribution in [3.8, 4) is 0 Å². The molecular formula is C10H13ClN2. The first kappa shape index (κ1) is 10.2. The zero-order chi connectivity index (χ0) is 9.84. The molecule has 0 fully saturated rings. The molecule has 0 aliphatic carbocycles. The number of nitrogens with two attached hydrogens (primary N) is 1. The highest BCUT2D eigenvalue weighted by molar-refractivity contribution is 6.30. The van der Waals surface area contributed by atoms with Crippen LogP contribution in [0.25, 0.3) is 0 Å². The van der Waals surface area contributed by atoms with Crippen LogP contribution in [0.2, 0.25) is 5.15 Å². The summed E-state index contributed by atoms with van der Waals surface area (Å²) in [7, 11) is 0. The van der Waals surface area contributed by atoms with Gasteiger partial charge in [-0.2, -0.15) is 0 Å². The van der Waals surface area contributed by atoms with E-state index < -0.39 is 0 Å². The third-order valence-corrected chi connectivity index (χ3v) is 2.28. The van der Waals surface area contributed by atoms with Gasteiger partial charge in [0.15, 0.2) is 0 Å². The molecule has 70 valence electrons. The van der Waals surface area contributed by atoms with Crippen LogP contribution in [-0.2, 0) is 0 Å². The first-order valence-electron chi connectivity index (χ1n) is 4.13. The van der Waals surface area contributed by atoms with Crippen molar-refractivity contribution in [1.29, 1.82) is 0 Å². The summed E-state index contributed by atoms with van der Waals surface area (Å²) >= 11 is 5.79. The molecule has 1 atom stereocenters. The van der Waals surface area contributed by atoms with E-state index >= 15 is 0 Å². The molecule has 3 heteroatoms. The fourth-order valence-corrected chi connectivity index (χ4v) is 1.20. The number of pyridine rings is 1. The lowest BCUT2D eigenvalue weighted by Gasteiger charge is -2.09. The highest BCUT2D eigenvalue weighted by Gasteiger charge is 2.05. The molecular weight excluding hydrogens is 184 g/mol. The van der Waals surface area contributed by atoms with E-state index in [-0.39, 0.29) is 6.04 Å². The molecule has 13 heavy (non-hydrogen) atoms. The maximum atomic E-state index is 5.87. The smallest absolute Gasteiger partial charge is 0.131 e. The second-order valence-electron chi connectivity index (χ2n) is 3.01. The van der Waals surface area contributed by atoms with Gasteiger partial charge in [-0.15, -0.1) is 6.58 Å². The van der Waals surface area contributed by atoms with Gasteiger partial charge in [0, 0.05) is 12.2 Å². The van der Waals surface area contributed by atoms with E-state index in [4.69, 9.17) is 17.3 Å². The molecule has 0 aliphatic heterocycles. The average Bonchev–Trinajstić information content (AvgIpc) is 2.10. The zero-order valence-corrected chi connectivity index (χ0v) is 8.38. The average molecular weight is 197 g/mol. The van der Waals surface area contributed by atoms with E-state index in [1.807, 2.05) is 13.0 Å². The van der Waals surface area contributed by atoms with Gasteiger partial charge in [0.05, 0.1) is 0 Å². The van der Waals surface area contributed by atoms with Crippen LogP contribution in [0.3, 0.4) is 0 Å². The monoisotopic (exact) mass is 196 g/mol. The molecule has 0 unspecified atom stereocenters. The van der Waals surface area contributed by atoms with Gasteiger partial charge in [0.2, 0.25) is 0 Å². The van der Waals surface area contributed by atoms with Crippen molar-refractivity contribution in [2.75, 3.05) is 0 Å². The minimum Gasteiger partial charge on any atom is -0.324 e. The highest BCUT2D eigenvalue weighted by atomic mass is 35.5. The predicted octanol–water partition coefficient (Wildman–Crippen LogP) is 2.62. The maximum Gasteiger partial charge on any atom is 0.131 e. The number of rotatable bonds is 3. The summed E-state index contributed by atoms with van der Waals surface area (Å²) < 4.78 is 0. The third-order valence-electron chi connectivity index (χ3n) is 1.88. The number of aryl methyl sites for hydroxylation is 1. The number of hydrogen-bond acceptors (Lipinski definition) is 2. The fraction of sp³-hybridized carbons (Fsp3) is 0.300. The Bertz CT molecular complexity index is 310. The van der Waals surface area contributed by atoms with E-state index in [1.165, 1.54) is 0 Å². The van der Waals surface area contributed by atoms with Gasteiger partial charge in [0.25, 0.3) is 0 Å². The molecule has 1 rings (SSSR count). The van der Waals surface area contributed by atoms with E-state index in [0.717, 1.165) is 17.5 Å². The predicted molar refractivity (Wildman–Crippen MR) is 55.7 cm³/mol. The molecule has 0 aliphatic rings. The van der Waals surface area contributed by atoms with Crippen LogP contribution >= 0.6 is 11.6 Å². The van der Waals surface area contributed by atoms with Crippen LogP contribution in [0, 0.1) is 6.92 Å². The molecule has 2 nitrogen and oxygen atoms in total. The SMILES string of the molecule is C=CC[C@H](N)c1cnc(Cl)c(C)c1. The van der Waals surface area contributed by atoms with Gasteiger partial charge in [-0.3, -0.25) is 0 Å². The van der Waals surface area contributed by atoms with Gasteiger partial charge in [-0.1, -0.05) is 17.7 Å².